The molecule has 0 aliphatic carbocycles. The molecule has 0 saturated heterocycles. The Hall–Kier alpha value is -0.830. The highest BCUT2D eigenvalue weighted by atomic mass is 16.3. The average molecular weight is 112 g/mol. The van der Waals surface area contributed by atoms with E-state index in [1.807, 2.05) is 6.92 Å². The Morgan fingerprint density at radius 1 is 1.88 bits per heavy atom. The van der Waals surface area contributed by atoms with Crippen LogP contribution in [0.15, 0.2) is 17.0 Å². The number of rotatable bonds is 1. The van der Waals surface area contributed by atoms with Crippen LogP contribution in [0.1, 0.15) is 18.7 Å². The molecule has 1 aromatic heterocycles. The van der Waals surface area contributed by atoms with Crippen molar-refractivity contribution in [1.29, 1.82) is 0 Å². The second-order valence-electron chi connectivity index (χ2n) is 1.69. The Morgan fingerprint density at radius 2 is 2.62 bits per heavy atom. The summed E-state index contributed by atoms with van der Waals surface area (Å²) < 4.78 is 4.86. The van der Waals surface area contributed by atoms with Crippen molar-refractivity contribution < 1.29 is 4.42 Å². The number of hydrogen-bond acceptors (Lipinski definition) is 3. The molecule has 3 nitrogen and oxygen atoms in total. The molecule has 1 atom stereocenters. The molecular weight excluding hydrogens is 104 g/mol. The van der Waals surface area contributed by atoms with Gasteiger partial charge in [0.25, 0.3) is 0 Å². The van der Waals surface area contributed by atoms with Crippen LogP contribution in [0.3, 0.4) is 0 Å². The van der Waals surface area contributed by atoms with Crippen molar-refractivity contribution in [2.24, 2.45) is 5.73 Å². The van der Waals surface area contributed by atoms with Crippen LogP contribution in [0.5, 0.6) is 0 Å². The first kappa shape index (κ1) is 5.31. The van der Waals surface area contributed by atoms with Gasteiger partial charge in [-0.25, -0.2) is 4.98 Å². The van der Waals surface area contributed by atoms with Crippen LogP contribution in [0, 0.1) is 0 Å². The van der Waals surface area contributed by atoms with Gasteiger partial charge >= 0.3 is 0 Å². The van der Waals surface area contributed by atoms with Gasteiger partial charge in [0.2, 0.25) is 0 Å². The monoisotopic (exact) mass is 112 g/mol. The van der Waals surface area contributed by atoms with Crippen molar-refractivity contribution in [3.8, 4) is 0 Å². The lowest BCUT2D eigenvalue weighted by Gasteiger charge is -1.94. The second-order valence-corrected chi connectivity index (χ2v) is 1.69. The average Bonchev–Trinajstić information content (AvgIpc) is 2.12. The molecule has 0 saturated carbocycles. The van der Waals surface area contributed by atoms with Gasteiger partial charge in [0.15, 0.2) is 6.39 Å². The van der Waals surface area contributed by atoms with Gasteiger partial charge in [-0.2, -0.15) is 0 Å². The van der Waals surface area contributed by atoms with Gasteiger partial charge in [0, 0.05) is 0 Å². The van der Waals surface area contributed by atoms with E-state index >= 15 is 0 Å². The summed E-state index contributed by atoms with van der Waals surface area (Å²) in [7, 11) is 0. The molecule has 3 heteroatoms. The molecular formula is C5H8N2O. The molecule has 8 heavy (non-hydrogen) atoms. The molecule has 0 fully saturated rings. The minimum atomic E-state index is -0.0440. The molecule has 1 rings (SSSR count). The number of nitrogens with two attached hydrogens (primary N) is 1. The fourth-order valence-electron chi connectivity index (χ4n) is 0.451. The zero-order valence-corrected chi connectivity index (χ0v) is 4.66. The molecule has 0 spiro atoms. The summed E-state index contributed by atoms with van der Waals surface area (Å²) in [6.45, 7) is 1.85. The van der Waals surface area contributed by atoms with E-state index in [1.54, 1.807) is 6.20 Å². The molecule has 1 aromatic rings. The first-order valence-corrected chi connectivity index (χ1v) is 2.44. The third kappa shape index (κ3) is 0.869. The van der Waals surface area contributed by atoms with E-state index in [1.165, 1.54) is 6.39 Å². The van der Waals surface area contributed by atoms with E-state index in [9.17, 15) is 0 Å². The Morgan fingerprint density at radius 3 is 2.88 bits per heavy atom. The van der Waals surface area contributed by atoms with Gasteiger partial charge in [-0.1, -0.05) is 0 Å². The quantitative estimate of drug-likeness (QED) is 0.581. The van der Waals surface area contributed by atoms with Crippen molar-refractivity contribution in [3.05, 3.63) is 18.4 Å². The van der Waals surface area contributed by atoms with Gasteiger partial charge < -0.3 is 10.2 Å². The molecule has 0 aliphatic heterocycles. The highest BCUT2D eigenvalue weighted by molar-refractivity contribution is 4.93. The number of oxazole rings is 1. The minimum Gasteiger partial charge on any atom is -0.447 e. The van der Waals surface area contributed by atoms with E-state index < -0.39 is 0 Å². The summed E-state index contributed by atoms with van der Waals surface area (Å²) in [6, 6.07) is -0.0440. The van der Waals surface area contributed by atoms with Crippen molar-refractivity contribution in [1.82, 2.24) is 4.98 Å². The summed E-state index contributed by atoms with van der Waals surface area (Å²) in [6.07, 6.45) is 2.99. The van der Waals surface area contributed by atoms with Crippen LogP contribution in [0.25, 0.3) is 0 Å². The van der Waals surface area contributed by atoms with E-state index in [2.05, 4.69) is 4.98 Å². The van der Waals surface area contributed by atoms with Gasteiger partial charge in [-0.15, -0.1) is 0 Å². The first-order chi connectivity index (χ1) is 3.80. The standard InChI is InChI=1S/C5H8N2O/c1-4(6)5-2-7-3-8-5/h2-4H,6H2,1H3/t4-/m1/s1. The van der Waals surface area contributed by atoms with Crippen LogP contribution < -0.4 is 5.73 Å². The zero-order valence-electron chi connectivity index (χ0n) is 4.66. The molecule has 1 heterocycles. The summed E-state index contributed by atoms with van der Waals surface area (Å²) >= 11 is 0. The lowest BCUT2D eigenvalue weighted by Crippen LogP contribution is -2.02. The van der Waals surface area contributed by atoms with Crippen LogP contribution >= 0.6 is 0 Å². The minimum absolute atomic E-state index is 0.0440. The third-order valence-corrected chi connectivity index (χ3v) is 0.900. The topological polar surface area (TPSA) is 52.0 Å². The first-order valence-electron chi connectivity index (χ1n) is 2.44. The second kappa shape index (κ2) is 1.96. The Bertz CT molecular complexity index is 145. The van der Waals surface area contributed by atoms with Crippen LogP contribution in [0.4, 0.5) is 0 Å². The molecule has 2 N–H and O–H groups in total. The number of aromatic nitrogens is 1. The van der Waals surface area contributed by atoms with Crippen molar-refractivity contribution in [3.63, 3.8) is 0 Å². The van der Waals surface area contributed by atoms with Crippen LogP contribution in [-0.4, -0.2) is 4.98 Å². The summed E-state index contributed by atoms with van der Waals surface area (Å²) in [5.74, 6) is 0.727. The Balaban J connectivity index is 2.77. The van der Waals surface area contributed by atoms with E-state index in [-0.39, 0.29) is 6.04 Å². The van der Waals surface area contributed by atoms with E-state index in [0.29, 0.717) is 0 Å². The highest BCUT2D eigenvalue weighted by Gasteiger charge is 1.99. The summed E-state index contributed by atoms with van der Waals surface area (Å²) in [4.78, 5) is 3.70. The van der Waals surface area contributed by atoms with Crippen molar-refractivity contribution in [2.45, 2.75) is 13.0 Å². The predicted octanol–water partition coefficient (Wildman–Crippen LogP) is 0.694. The third-order valence-electron chi connectivity index (χ3n) is 0.900. The Labute approximate surface area is 47.5 Å². The fourth-order valence-corrected chi connectivity index (χ4v) is 0.451. The van der Waals surface area contributed by atoms with Crippen LogP contribution in [-0.2, 0) is 0 Å². The molecule has 0 aromatic carbocycles. The fraction of sp³-hybridized carbons (Fsp3) is 0.400. The summed E-state index contributed by atoms with van der Waals surface area (Å²) in [5.41, 5.74) is 5.42. The maximum absolute atomic E-state index is 5.42. The molecule has 0 amide bonds. The maximum Gasteiger partial charge on any atom is 0.180 e. The number of hydrogen-bond donors (Lipinski definition) is 1. The SMILES string of the molecule is C[C@@H](N)c1cnco1. The zero-order chi connectivity index (χ0) is 5.98. The van der Waals surface area contributed by atoms with E-state index in [0.717, 1.165) is 5.76 Å². The van der Waals surface area contributed by atoms with E-state index in [4.69, 9.17) is 10.2 Å². The molecule has 44 valence electrons. The van der Waals surface area contributed by atoms with Crippen molar-refractivity contribution >= 4 is 0 Å². The van der Waals surface area contributed by atoms with Gasteiger partial charge in [-0.05, 0) is 6.92 Å². The normalized spacial score (nSPS) is 13.8. The number of nitrogens with zero attached hydrogens (tertiary/aromatic N) is 1. The van der Waals surface area contributed by atoms with Crippen molar-refractivity contribution in [2.75, 3.05) is 0 Å². The molecule has 0 aliphatic rings. The maximum atomic E-state index is 5.42. The highest BCUT2D eigenvalue weighted by Crippen LogP contribution is 2.05. The predicted molar refractivity (Wildman–Crippen MR) is 29.1 cm³/mol. The Kier molecular flexibility index (Phi) is 1.30. The smallest absolute Gasteiger partial charge is 0.180 e. The van der Waals surface area contributed by atoms with Gasteiger partial charge in [-0.3, -0.25) is 0 Å². The van der Waals surface area contributed by atoms with Gasteiger partial charge in [0.1, 0.15) is 5.76 Å². The van der Waals surface area contributed by atoms with Crippen LogP contribution in [0.2, 0.25) is 0 Å². The molecule has 0 radical (unpaired) electrons. The lowest BCUT2D eigenvalue weighted by atomic mass is 10.3. The molecule has 0 bridgehead atoms. The largest absolute Gasteiger partial charge is 0.447 e. The summed E-state index contributed by atoms with van der Waals surface area (Å²) in [5, 5.41) is 0. The lowest BCUT2D eigenvalue weighted by molar-refractivity contribution is 0.475. The van der Waals surface area contributed by atoms with Gasteiger partial charge in [0.05, 0.1) is 12.2 Å². The molecule has 0 unspecified atom stereocenters.